The van der Waals surface area contributed by atoms with E-state index in [0.717, 1.165) is 16.7 Å². The highest BCUT2D eigenvalue weighted by molar-refractivity contribution is 6.33. The van der Waals surface area contributed by atoms with Gasteiger partial charge in [0.1, 0.15) is 11.3 Å². The number of nitrogens with zero attached hydrogens (tertiary/aromatic N) is 4. The van der Waals surface area contributed by atoms with Gasteiger partial charge in [0.15, 0.2) is 5.82 Å². The van der Waals surface area contributed by atoms with Crippen LogP contribution < -0.4 is 0 Å². The second kappa shape index (κ2) is 6.64. The molecule has 6 nitrogen and oxygen atoms in total. The summed E-state index contributed by atoms with van der Waals surface area (Å²) in [5.41, 5.74) is 4.51. The van der Waals surface area contributed by atoms with Crippen molar-refractivity contribution in [3.63, 3.8) is 0 Å². The molecule has 0 atom stereocenters. The molecule has 0 radical (unpaired) electrons. The molecule has 3 aromatic rings. The first-order valence-corrected chi connectivity index (χ1v) is 8.11. The van der Waals surface area contributed by atoms with E-state index in [1.54, 1.807) is 4.40 Å². The Morgan fingerprint density at radius 2 is 1.96 bits per heavy atom. The monoisotopic (exact) mass is 356 g/mol. The Morgan fingerprint density at radius 3 is 2.64 bits per heavy atom. The SMILES string of the molecule is Cc1cc(C)c(N=Nc2c(CC(=O)O)nc3ccc(C)cn23)c(Cl)c1. The van der Waals surface area contributed by atoms with E-state index in [9.17, 15) is 4.79 Å². The Balaban J connectivity index is 2.14. The largest absolute Gasteiger partial charge is 0.481 e. The van der Waals surface area contributed by atoms with E-state index >= 15 is 0 Å². The van der Waals surface area contributed by atoms with Crippen molar-refractivity contribution in [1.82, 2.24) is 9.38 Å². The third-order valence-corrected chi connectivity index (χ3v) is 4.06. The number of pyridine rings is 1. The van der Waals surface area contributed by atoms with E-state index in [4.69, 9.17) is 16.7 Å². The number of rotatable bonds is 4. The standard InChI is InChI=1S/C18H17ClN4O2/c1-10-4-5-15-20-14(8-16(24)25)18(23(15)9-10)22-21-17-12(3)6-11(2)7-13(17)19/h4-7,9H,8H2,1-3H3,(H,24,25). The maximum atomic E-state index is 11.1. The summed E-state index contributed by atoms with van der Waals surface area (Å²) in [6.07, 6.45) is 1.63. The number of aliphatic carboxylic acids is 1. The zero-order chi connectivity index (χ0) is 18.1. The molecule has 1 N–H and O–H groups in total. The predicted molar refractivity (Wildman–Crippen MR) is 96.4 cm³/mol. The van der Waals surface area contributed by atoms with Gasteiger partial charge in [-0.15, -0.1) is 10.2 Å². The minimum absolute atomic E-state index is 0.226. The van der Waals surface area contributed by atoms with E-state index in [2.05, 4.69) is 15.2 Å². The van der Waals surface area contributed by atoms with E-state index < -0.39 is 5.97 Å². The van der Waals surface area contributed by atoms with Gasteiger partial charge in [0.25, 0.3) is 0 Å². The topological polar surface area (TPSA) is 79.3 Å². The number of carbonyl (C=O) groups is 1. The number of carboxylic acid groups (broad SMARTS) is 1. The molecule has 0 aliphatic heterocycles. The van der Waals surface area contributed by atoms with Crippen molar-refractivity contribution in [3.8, 4) is 0 Å². The van der Waals surface area contributed by atoms with Crippen LogP contribution >= 0.6 is 11.6 Å². The van der Waals surface area contributed by atoms with Gasteiger partial charge in [0.2, 0.25) is 0 Å². The summed E-state index contributed by atoms with van der Waals surface area (Å²) < 4.78 is 1.74. The lowest BCUT2D eigenvalue weighted by Gasteiger charge is -2.04. The molecule has 0 saturated carbocycles. The van der Waals surface area contributed by atoms with Crippen LogP contribution in [0.15, 0.2) is 40.7 Å². The molecular formula is C18H17ClN4O2. The molecule has 0 amide bonds. The first-order chi connectivity index (χ1) is 11.8. The Labute approximate surface area is 149 Å². The Bertz CT molecular complexity index is 985. The van der Waals surface area contributed by atoms with Gasteiger partial charge in [-0.2, -0.15) is 0 Å². The lowest BCUT2D eigenvalue weighted by atomic mass is 10.1. The lowest BCUT2D eigenvalue weighted by molar-refractivity contribution is -0.136. The average molecular weight is 357 g/mol. The summed E-state index contributed by atoms with van der Waals surface area (Å²) in [7, 11) is 0. The number of azo groups is 1. The van der Waals surface area contributed by atoms with E-state index in [1.165, 1.54) is 0 Å². The Morgan fingerprint density at radius 1 is 1.20 bits per heavy atom. The summed E-state index contributed by atoms with van der Waals surface area (Å²) in [5.74, 6) is -0.571. The number of fused-ring (bicyclic) bond motifs is 1. The maximum absolute atomic E-state index is 11.1. The molecule has 128 valence electrons. The van der Waals surface area contributed by atoms with Gasteiger partial charge in [-0.25, -0.2) is 4.98 Å². The molecule has 0 saturated heterocycles. The third kappa shape index (κ3) is 3.53. The van der Waals surface area contributed by atoms with Crippen LogP contribution in [0, 0.1) is 20.8 Å². The van der Waals surface area contributed by atoms with E-state index in [1.807, 2.05) is 51.2 Å². The van der Waals surface area contributed by atoms with Gasteiger partial charge in [-0.05, 0) is 49.6 Å². The summed E-state index contributed by atoms with van der Waals surface area (Å²) in [5, 5.41) is 18.2. The highest BCUT2D eigenvalue weighted by atomic mass is 35.5. The van der Waals surface area contributed by atoms with Gasteiger partial charge in [-0.3, -0.25) is 9.20 Å². The third-order valence-electron chi connectivity index (χ3n) is 3.77. The normalized spacial score (nSPS) is 11.5. The zero-order valence-corrected chi connectivity index (χ0v) is 14.9. The van der Waals surface area contributed by atoms with Gasteiger partial charge < -0.3 is 5.11 Å². The van der Waals surface area contributed by atoms with E-state index in [0.29, 0.717) is 27.9 Å². The summed E-state index contributed by atoms with van der Waals surface area (Å²) >= 11 is 6.27. The van der Waals surface area contributed by atoms with Crippen LogP contribution in [0.4, 0.5) is 11.5 Å². The lowest BCUT2D eigenvalue weighted by Crippen LogP contribution is -2.00. The summed E-state index contributed by atoms with van der Waals surface area (Å²) in [6, 6.07) is 7.52. The molecule has 2 aromatic heterocycles. The second-order valence-electron chi connectivity index (χ2n) is 6.00. The summed E-state index contributed by atoms with van der Waals surface area (Å²) in [6.45, 7) is 5.81. The van der Waals surface area contributed by atoms with Crippen LogP contribution in [-0.2, 0) is 11.2 Å². The number of aryl methyl sites for hydroxylation is 3. The van der Waals surface area contributed by atoms with Crippen LogP contribution in [0.1, 0.15) is 22.4 Å². The molecule has 1 aromatic carbocycles. The van der Waals surface area contributed by atoms with Gasteiger partial charge in [0.05, 0.1) is 17.1 Å². The fourth-order valence-electron chi connectivity index (χ4n) is 2.69. The Hall–Kier alpha value is -2.73. The van der Waals surface area contributed by atoms with Crippen molar-refractivity contribution >= 4 is 34.7 Å². The van der Waals surface area contributed by atoms with Crippen LogP contribution in [0.5, 0.6) is 0 Å². The minimum atomic E-state index is -0.971. The van der Waals surface area contributed by atoms with Crippen LogP contribution in [-0.4, -0.2) is 20.5 Å². The number of hydrogen-bond donors (Lipinski definition) is 1. The van der Waals surface area contributed by atoms with Gasteiger partial charge >= 0.3 is 5.97 Å². The minimum Gasteiger partial charge on any atom is -0.481 e. The van der Waals surface area contributed by atoms with Gasteiger partial charge in [0, 0.05) is 6.20 Å². The van der Waals surface area contributed by atoms with Crippen molar-refractivity contribution in [2.24, 2.45) is 10.2 Å². The number of carboxylic acids is 1. The molecule has 2 heterocycles. The zero-order valence-electron chi connectivity index (χ0n) is 14.1. The molecule has 0 fully saturated rings. The van der Waals surface area contributed by atoms with E-state index in [-0.39, 0.29) is 6.42 Å². The van der Waals surface area contributed by atoms with Crippen molar-refractivity contribution in [2.75, 3.05) is 0 Å². The van der Waals surface area contributed by atoms with Crippen LogP contribution in [0.2, 0.25) is 5.02 Å². The molecule has 25 heavy (non-hydrogen) atoms. The molecular weight excluding hydrogens is 340 g/mol. The average Bonchev–Trinajstić information content (AvgIpc) is 2.82. The van der Waals surface area contributed by atoms with Crippen molar-refractivity contribution in [3.05, 3.63) is 57.9 Å². The molecule has 0 bridgehead atoms. The first-order valence-electron chi connectivity index (χ1n) is 7.73. The fraction of sp³-hybridized carbons (Fsp3) is 0.222. The van der Waals surface area contributed by atoms with Crippen molar-refractivity contribution in [1.29, 1.82) is 0 Å². The molecule has 3 rings (SSSR count). The number of aromatic nitrogens is 2. The fourth-order valence-corrected chi connectivity index (χ4v) is 3.05. The highest BCUT2D eigenvalue weighted by Gasteiger charge is 2.15. The second-order valence-corrected chi connectivity index (χ2v) is 6.41. The summed E-state index contributed by atoms with van der Waals surface area (Å²) in [4.78, 5) is 15.5. The molecule has 0 unspecified atom stereocenters. The molecule has 0 aliphatic rings. The smallest absolute Gasteiger partial charge is 0.309 e. The molecule has 0 spiro atoms. The number of halogens is 1. The Kier molecular flexibility index (Phi) is 4.55. The van der Waals surface area contributed by atoms with Crippen LogP contribution in [0.3, 0.4) is 0 Å². The molecule has 0 aliphatic carbocycles. The number of benzene rings is 1. The van der Waals surface area contributed by atoms with Crippen molar-refractivity contribution < 1.29 is 9.90 Å². The quantitative estimate of drug-likeness (QED) is 0.671. The van der Waals surface area contributed by atoms with Crippen molar-refractivity contribution in [2.45, 2.75) is 27.2 Å². The molecule has 7 heteroatoms. The van der Waals surface area contributed by atoms with Crippen LogP contribution in [0.25, 0.3) is 5.65 Å². The number of hydrogen-bond acceptors (Lipinski definition) is 4. The highest BCUT2D eigenvalue weighted by Crippen LogP contribution is 2.32. The first kappa shape index (κ1) is 17.1. The predicted octanol–water partition coefficient (Wildman–Crippen LogP) is 4.96. The maximum Gasteiger partial charge on any atom is 0.309 e. The van der Waals surface area contributed by atoms with Gasteiger partial charge in [-0.1, -0.05) is 23.7 Å². The number of imidazole rings is 1.